The van der Waals surface area contributed by atoms with Crippen molar-refractivity contribution in [3.63, 3.8) is 0 Å². The van der Waals surface area contributed by atoms with Crippen molar-refractivity contribution in [2.75, 3.05) is 0 Å². The van der Waals surface area contributed by atoms with E-state index in [2.05, 4.69) is 0 Å². The maximum absolute atomic E-state index is 9.88. The van der Waals surface area contributed by atoms with E-state index in [1.165, 1.54) is 0 Å². The SMILES string of the molecule is O=C([NH2+][O-])C(Cl)Cl. The molecule has 0 saturated carbocycles. The average Bonchev–Trinajstić information content (AvgIpc) is 1.65. The summed E-state index contributed by atoms with van der Waals surface area (Å²) in [5.74, 6) is -0.802. The van der Waals surface area contributed by atoms with Crippen LogP contribution in [-0.4, -0.2) is 10.7 Å². The second-order valence-corrected chi connectivity index (χ2v) is 1.92. The van der Waals surface area contributed by atoms with Crippen molar-refractivity contribution < 1.29 is 10.3 Å². The fraction of sp³-hybridized carbons (Fsp3) is 0.500. The highest BCUT2D eigenvalue weighted by atomic mass is 35.5. The number of nitrogens with two attached hydrogens (primary N) is 1. The number of hydrogen-bond acceptors (Lipinski definition) is 2. The quantitative estimate of drug-likeness (QED) is 0.393. The number of hydrogen-bond donors (Lipinski definition) is 1. The first kappa shape index (κ1) is 7.17. The molecule has 42 valence electrons. The van der Waals surface area contributed by atoms with Crippen LogP contribution in [0.4, 0.5) is 0 Å². The Labute approximate surface area is 50.2 Å². The van der Waals surface area contributed by atoms with Crippen LogP contribution >= 0.6 is 23.2 Å². The molecule has 0 aliphatic rings. The zero-order valence-corrected chi connectivity index (χ0v) is 4.74. The number of hydroxylamine groups is 1. The molecular formula is C2H3Cl2NO2. The third-order valence-corrected chi connectivity index (χ3v) is 0.761. The summed E-state index contributed by atoms with van der Waals surface area (Å²) < 4.78 is 0. The largest absolute Gasteiger partial charge is 0.628 e. The van der Waals surface area contributed by atoms with Gasteiger partial charge in [-0.25, -0.2) is 4.79 Å². The van der Waals surface area contributed by atoms with E-state index in [9.17, 15) is 10.0 Å². The Bertz CT molecular complexity index is 74.1. The van der Waals surface area contributed by atoms with E-state index in [0.29, 0.717) is 0 Å². The van der Waals surface area contributed by atoms with Crippen molar-refractivity contribution in [3.05, 3.63) is 5.21 Å². The van der Waals surface area contributed by atoms with Gasteiger partial charge in [0.1, 0.15) is 0 Å². The number of carbonyl (C=O) groups is 1. The van der Waals surface area contributed by atoms with Gasteiger partial charge in [-0.2, -0.15) is 0 Å². The van der Waals surface area contributed by atoms with Crippen molar-refractivity contribution in [1.82, 2.24) is 0 Å². The Kier molecular flexibility index (Phi) is 3.29. The summed E-state index contributed by atoms with van der Waals surface area (Å²) in [4.78, 5) is 8.68. The minimum Gasteiger partial charge on any atom is -0.628 e. The van der Waals surface area contributed by atoms with Gasteiger partial charge in [0.05, 0.1) is 0 Å². The van der Waals surface area contributed by atoms with Crippen LogP contribution in [0.2, 0.25) is 0 Å². The standard InChI is InChI=1S/C2H3Cl2NO2/c3-1(4)2(6)5-7/h1H,5H2. The highest BCUT2D eigenvalue weighted by Crippen LogP contribution is 1.96. The zero-order chi connectivity index (χ0) is 5.86. The van der Waals surface area contributed by atoms with Crippen LogP contribution in [0.25, 0.3) is 0 Å². The molecule has 0 atom stereocenters. The first-order chi connectivity index (χ1) is 3.18. The molecule has 0 rings (SSSR count). The molecule has 2 N–H and O–H groups in total. The van der Waals surface area contributed by atoms with Crippen molar-refractivity contribution in [1.29, 1.82) is 0 Å². The zero-order valence-electron chi connectivity index (χ0n) is 3.23. The Morgan fingerprint density at radius 3 is 2.14 bits per heavy atom. The van der Waals surface area contributed by atoms with Crippen LogP contribution in [0.3, 0.4) is 0 Å². The van der Waals surface area contributed by atoms with E-state index in [1.54, 1.807) is 0 Å². The summed E-state index contributed by atoms with van der Waals surface area (Å²) in [6, 6.07) is 0. The van der Waals surface area contributed by atoms with Crippen molar-refractivity contribution in [2.45, 2.75) is 4.84 Å². The second kappa shape index (κ2) is 3.21. The molecule has 3 nitrogen and oxygen atoms in total. The lowest BCUT2D eigenvalue weighted by atomic mass is 10.7. The predicted octanol–water partition coefficient (Wildman–Crippen LogP) is -0.622. The van der Waals surface area contributed by atoms with Crippen molar-refractivity contribution in [3.8, 4) is 0 Å². The first-order valence-electron chi connectivity index (χ1n) is 1.45. The van der Waals surface area contributed by atoms with Gasteiger partial charge >= 0.3 is 5.91 Å². The van der Waals surface area contributed by atoms with E-state index < -0.39 is 10.7 Å². The maximum Gasteiger partial charge on any atom is 0.343 e. The number of halogens is 2. The average molecular weight is 144 g/mol. The van der Waals surface area contributed by atoms with E-state index >= 15 is 0 Å². The number of quaternary nitrogens is 1. The summed E-state index contributed by atoms with van der Waals surface area (Å²) in [6.45, 7) is 0. The summed E-state index contributed by atoms with van der Waals surface area (Å²) in [5, 5.41) is 9.43. The molecule has 0 radical (unpaired) electrons. The number of primary amides is 1. The summed E-state index contributed by atoms with van der Waals surface area (Å²) in [5.41, 5.74) is 0.0880. The van der Waals surface area contributed by atoms with Crippen LogP contribution in [-0.2, 0) is 4.79 Å². The van der Waals surface area contributed by atoms with Gasteiger partial charge in [-0.1, -0.05) is 23.2 Å². The second-order valence-electron chi connectivity index (χ2n) is 0.821. The van der Waals surface area contributed by atoms with Gasteiger partial charge in [0, 0.05) is 0 Å². The Balaban J connectivity index is 3.35. The number of carbonyl (C=O) groups excluding carboxylic acids is 1. The van der Waals surface area contributed by atoms with Crippen LogP contribution in [0.1, 0.15) is 0 Å². The van der Waals surface area contributed by atoms with Gasteiger partial charge in [-0.15, -0.1) is 0 Å². The number of alkyl halides is 2. The number of rotatable bonds is 1. The lowest BCUT2D eigenvalue weighted by molar-refractivity contribution is -0.498. The third kappa shape index (κ3) is 2.82. The first-order valence-corrected chi connectivity index (χ1v) is 2.33. The fourth-order valence-corrected chi connectivity index (χ4v) is 0.154. The van der Waals surface area contributed by atoms with E-state index in [4.69, 9.17) is 23.2 Å². The van der Waals surface area contributed by atoms with Crippen LogP contribution < -0.4 is 5.48 Å². The molecule has 0 aromatic heterocycles. The van der Waals surface area contributed by atoms with Crippen LogP contribution in [0.5, 0.6) is 0 Å². The molecule has 0 aliphatic carbocycles. The summed E-state index contributed by atoms with van der Waals surface area (Å²) in [7, 11) is 0. The van der Waals surface area contributed by atoms with Gasteiger partial charge in [-0.3, -0.25) is 0 Å². The highest BCUT2D eigenvalue weighted by Gasteiger charge is 2.10. The Morgan fingerprint density at radius 1 is 1.71 bits per heavy atom. The van der Waals surface area contributed by atoms with E-state index in [0.717, 1.165) is 0 Å². The van der Waals surface area contributed by atoms with Gasteiger partial charge in [0.25, 0.3) is 0 Å². The molecule has 7 heavy (non-hydrogen) atoms. The highest BCUT2D eigenvalue weighted by molar-refractivity contribution is 6.52. The van der Waals surface area contributed by atoms with Crippen molar-refractivity contribution in [2.24, 2.45) is 0 Å². The topological polar surface area (TPSA) is 56.7 Å². The molecule has 0 fully saturated rings. The fourth-order valence-electron chi connectivity index (χ4n) is 0.0514. The summed E-state index contributed by atoms with van der Waals surface area (Å²) >= 11 is 9.83. The molecule has 0 aromatic carbocycles. The normalized spacial score (nSPS) is 9.71. The molecule has 0 bridgehead atoms. The van der Waals surface area contributed by atoms with Gasteiger partial charge in [0.2, 0.25) is 4.84 Å². The smallest absolute Gasteiger partial charge is 0.343 e. The van der Waals surface area contributed by atoms with Crippen LogP contribution in [0.15, 0.2) is 0 Å². The molecule has 1 amide bonds. The van der Waals surface area contributed by atoms with Crippen LogP contribution in [0, 0.1) is 5.21 Å². The molecule has 0 unspecified atom stereocenters. The van der Waals surface area contributed by atoms with Gasteiger partial charge < -0.3 is 10.7 Å². The molecule has 0 aromatic rings. The van der Waals surface area contributed by atoms with Crippen molar-refractivity contribution >= 4 is 29.1 Å². The van der Waals surface area contributed by atoms with E-state index in [1.807, 2.05) is 0 Å². The maximum atomic E-state index is 9.88. The van der Waals surface area contributed by atoms with E-state index in [-0.39, 0.29) is 5.48 Å². The molecule has 0 heterocycles. The molecule has 0 aliphatic heterocycles. The Hall–Kier alpha value is 0.170. The molecule has 0 spiro atoms. The monoisotopic (exact) mass is 143 g/mol. The van der Waals surface area contributed by atoms with Gasteiger partial charge in [-0.05, 0) is 0 Å². The predicted molar refractivity (Wildman–Crippen MR) is 25.8 cm³/mol. The Morgan fingerprint density at radius 2 is 2.14 bits per heavy atom. The van der Waals surface area contributed by atoms with Gasteiger partial charge in [0.15, 0.2) is 0 Å². The lowest BCUT2D eigenvalue weighted by Crippen LogP contribution is -2.83. The minimum absolute atomic E-state index is 0.0880. The number of amides is 1. The summed E-state index contributed by atoms with van der Waals surface area (Å²) in [6.07, 6.45) is 0. The molecule has 0 saturated heterocycles. The lowest BCUT2D eigenvalue weighted by Gasteiger charge is -1.96. The third-order valence-electron chi connectivity index (χ3n) is 0.331. The molecule has 5 heteroatoms. The molecular weight excluding hydrogens is 141 g/mol. The minimum atomic E-state index is -1.20.